The van der Waals surface area contributed by atoms with Gasteiger partial charge < -0.3 is 77.9 Å². The average Bonchev–Trinajstić information content (AvgIpc) is 1.17. The summed E-state index contributed by atoms with van der Waals surface area (Å²) in [7, 11) is 7.12. The fraction of sp³-hybridized carbons (Fsp3) is 0.303. The van der Waals surface area contributed by atoms with Crippen molar-refractivity contribution in [3.05, 3.63) is 196 Å². The Labute approximate surface area is 582 Å². The van der Waals surface area contributed by atoms with Crippen LogP contribution in [0.4, 0.5) is 21.9 Å². The molecule has 0 spiro atoms. The molecule has 25 nitrogen and oxygen atoms in total. The van der Waals surface area contributed by atoms with Crippen LogP contribution in [0.25, 0.3) is 22.0 Å². The molecule has 4 amide bonds. The zero-order chi connectivity index (χ0) is 71.5. The second kappa shape index (κ2) is 31.5. The summed E-state index contributed by atoms with van der Waals surface area (Å²) in [4.78, 5) is 112. The molecule has 1 aromatic heterocycles. The van der Waals surface area contributed by atoms with E-state index < -0.39 is 78.4 Å². The topological polar surface area (TPSA) is 299 Å². The van der Waals surface area contributed by atoms with E-state index in [1.807, 2.05) is 97.1 Å². The minimum atomic E-state index is -1.79. The van der Waals surface area contributed by atoms with Gasteiger partial charge in [0.05, 0.1) is 76.7 Å². The zero-order valence-corrected chi connectivity index (χ0v) is 56.9. The molecule has 0 saturated carbocycles. The normalized spacial score (nSPS) is 18.0. The zero-order valence-electron chi connectivity index (χ0n) is 56.9. The Kier molecular flexibility index (Phi) is 22.1. The maximum Gasteiger partial charge on any atom is 0.407 e. The molecule has 2 unspecified atom stereocenters. The second-order valence-electron chi connectivity index (χ2n) is 24.5. The van der Waals surface area contributed by atoms with Gasteiger partial charge >= 0.3 is 30.0 Å². The lowest BCUT2D eigenvalue weighted by Gasteiger charge is -2.43. The summed E-state index contributed by atoms with van der Waals surface area (Å²) in [5.41, 5.74) is 9.77. The number of rotatable bonds is 25. The highest BCUT2D eigenvalue weighted by molar-refractivity contribution is 6.13. The van der Waals surface area contributed by atoms with Gasteiger partial charge in [-0.3, -0.25) is 33.8 Å². The molecule has 11 rings (SSSR count). The number of amides is 4. The van der Waals surface area contributed by atoms with Crippen molar-refractivity contribution in [2.45, 2.75) is 89.7 Å². The molecule has 3 aliphatic rings. The van der Waals surface area contributed by atoms with Crippen LogP contribution in [0.5, 0.6) is 28.7 Å². The molecule has 3 heterocycles. The first-order chi connectivity index (χ1) is 48.8. The van der Waals surface area contributed by atoms with Crippen LogP contribution in [0.3, 0.4) is 0 Å². The third-order valence-corrected chi connectivity index (χ3v) is 17.9. The van der Waals surface area contributed by atoms with Crippen molar-refractivity contribution in [1.29, 1.82) is 0 Å². The van der Waals surface area contributed by atoms with Gasteiger partial charge in [0.2, 0.25) is 18.3 Å². The predicted octanol–water partition coefficient (Wildman–Crippen LogP) is 10.0. The minimum absolute atomic E-state index is 0.0496. The monoisotopic (exact) mass is 1380 g/mol. The van der Waals surface area contributed by atoms with E-state index in [1.54, 1.807) is 50.6 Å². The second-order valence-corrected chi connectivity index (χ2v) is 24.5. The quantitative estimate of drug-likeness (QED) is 0.0235. The van der Waals surface area contributed by atoms with E-state index in [-0.39, 0.29) is 65.2 Å². The van der Waals surface area contributed by atoms with Gasteiger partial charge in [0, 0.05) is 87.0 Å². The van der Waals surface area contributed by atoms with Crippen LogP contribution in [0.2, 0.25) is 0 Å². The number of quaternary nitrogens is 1. The van der Waals surface area contributed by atoms with Gasteiger partial charge in [-0.1, -0.05) is 78.9 Å². The van der Waals surface area contributed by atoms with Gasteiger partial charge in [-0.05, 0) is 94.0 Å². The van der Waals surface area contributed by atoms with Gasteiger partial charge in [-0.2, -0.15) is 0 Å². The third-order valence-electron chi connectivity index (χ3n) is 17.9. The van der Waals surface area contributed by atoms with Crippen molar-refractivity contribution in [2.75, 3.05) is 77.7 Å². The van der Waals surface area contributed by atoms with Crippen LogP contribution < -0.4 is 45.0 Å². The van der Waals surface area contributed by atoms with Gasteiger partial charge in [0.15, 0.2) is 41.3 Å². The summed E-state index contributed by atoms with van der Waals surface area (Å²) < 4.78 is 63.4. The maximum absolute atomic E-state index is 14.3. The number of hydrogen-bond donors (Lipinski definition) is 4. The molecule has 25 heteroatoms. The number of aromatic nitrogens is 1. The summed E-state index contributed by atoms with van der Waals surface area (Å²) in [6, 6.07) is 44.5. The molecule has 524 valence electrons. The Morgan fingerprint density at radius 2 is 1.20 bits per heavy atom. The Balaban J connectivity index is 0.863. The van der Waals surface area contributed by atoms with Crippen molar-refractivity contribution in [3.8, 4) is 39.9 Å². The first-order valence-corrected chi connectivity index (χ1v) is 32.6. The predicted molar refractivity (Wildman–Crippen MR) is 369 cm³/mol. The molecule has 1 saturated heterocycles. The van der Waals surface area contributed by atoms with E-state index in [9.17, 15) is 38.4 Å². The fourth-order valence-corrected chi connectivity index (χ4v) is 13.1. The van der Waals surface area contributed by atoms with Gasteiger partial charge in [-0.25, -0.2) is 9.59 Å². The summed E-state index contributed by atoms with van der Waals surface area (Å²) in [6.07, 6.45) is -6.95. The molecular formula is C76H77N6O19+. The summed E-state index contributed by atoms with van der Waals surface area (Å²) in [5, 5.41) is 12.2. The Morgan fingerprint density at radius 3 is 1.87 bits per heavy atom. The highest BCUT2D eigenvalue weighted by Gasteiger charge is 2.56. The number of nitrogens with zero attached hydrogens (tertiary/aromatic N) is 2. The fourth-order valence-electron chi connectivity index (χ4n) is 13.1. The number of carbonyl (C=O) groups is 8. The van der Waals surface area contributed by atoms with Crippen LogP contribution >= 0.6 is 0 Å². The average molecular weight is 1380 g/mol. The number of carbonyl (C=O) groups excluding carboxylic acids is 8. The highest BCUT2D eigenvalue weighted by atomic mass is 16.7. The van der Waals surface area contributed by atoms with Crippen molar-refractivity contribution in [3.63, 3.8) is 0 Å². The molecule has 1 fully saturated rings. The molecule has 101 heavy (non-hydrogen) atoms. The van der Waals surface area contributed by atoms with Crippen LogP contribution in [0.1, 0.15) is 87.2 Å². The number of ether oxygens (including phenoxy) is 11. The maximum atomic E-state index is 14.3. The molecule has 2 aliphatic heterocycles. The van der Waals surface area contributed by atoms with Crippen molar-refractivity contribution >= 4 is 75.7 Å². The number of methoxy groups -OCH3 is 5. The van der Waals surface area contributed by atoms with Crippen molar-refractivity contribution in [2.24, 2.45) is 0 Å². The number of nitrogens with one attached hydrogen (secondary N) is 4. The van der Waals surface area contributed by atoms with Gasteiger partial charge in [0.25, 0.3) is 11.8 Å². The smallest absolute Gasteiger partial charge is 0.407 e. The number of esters is 4. The van der Waals surface area contributed by atoms with Gasteiger partial charge in [-0.15, -0.1) is 0 Å². The lowest BCUT2D eigenvalue weighted by atomic mass is 9.94. The first-order valence-electron chi connectivity index (χ1n) is 32.6. The molecule has 1 aliphatic carbocycles. The van der Waals surface area contributed by atoms with Gasteiger partial charge in [0.1, 0.15) is 25.4 Å². The van der Waals surface area contributed by atoms with Crippen LogP contribution in [0, 0.1) is 0 Å². The number of fused-ring (bicyclic) bond motifs is 5. The minimum Gasteiger partial charge on any atom is -0.493 e. The molecule has 0 radical (unpaired) electrons. The Morgan fingerprint density at radius 1 is 0.584 bits per heavy atom. The van der Waals surface area contributed by atoms with E-state index >= 15 is 0 Å². The molecule has 7 aromatic carbocycles. The Hall–Kier alpha value is -11.6. The largest absolute Gasteiger partial charge is 0.493 e. The number of alkyl carbamates (subject to hydrolysis) is 1. The lowest BCUT2D eigenvalue weighted by molar-refractivity contribution is -0.955. The number of benzene rings is 7. The van der Waals surface area contributed by atoms with E-state index in [1.165, 1.54) is 32.5 Å². The molecule has 0 bridgehead atoms. The van der Waals surface area contributed by atoms with Crippen LogP contribution in [-0.4, -0.2) is 150 Å². The van der Waals surface area contributed by atoms with Crippen LogP contribution in [0.15, 0.2) is 152 Å². The lowest BCUT2D eigenvalue weighted by Crippen LogP contribution is -2.64. The highest BCUT2D eigenvalue weighted by Crippen LogP contribution is 2.45. The van der Waals surface area contributed by atoms with Crippen molar-refractivity contribution < 1.29 is 94.9 Å². The summed E-state index contributed by atoms with van der Waals surface area (Å²) in [5.74, 6) is -3.89. The van der Waals surface area contributed by atoms with E-state index in [0.717, 1.165) is 77.7 Å². The SMILES string of the molecule is COC(=O)[C@H]1OC(Oc2ccc(C[N+]3(CCc4ccc(NC(=O)c5cc(OC)c(OC)cc5NC(=O)c5cnc6ccccc6c5)cc4)CCc4cc(OC)c(OC)cc4C3)cc2NC(=O)CCNC(=O)OCC2c3ccccc3-c3ccccc32)[C@H](OC(C)=O)[C@@H](OC(C)=O)[C@@H]1OC(C)=O. The van der Waals surface area contributed by atoms with E-state index in [4.69, 9.17) is 52.1 Å². The number of anilines is 3. The molecule has 6 atom stereocenters. The third kappa shape index (κ3) is 16.4. The number of para-hydroxylation sites is 1. The molecule has 8 aromatic rings. The summed E-state index contributed by atoms with van der Waals surface area (Å²) >= 11 is 0. The summed E-state index contributed by atoms with van der Waals surface area (Å²) in [6.45, 7) is 5.21. The van der Waals surface area contributed by atoms with E-state index in [0.29, 0.717) is 66.3 Å². The van der Waals surface area contributed by atoms with Crippen LogP contribution in [-0.2, 0) is 78.3 Å². The van der Waals surface area contributed by atoms with E-state index in [2.05, 4.69) is 26.3 Å². The standard InChI is InChI=1S/C76H76N6O19/c1-43(83)97-68-69(98-44(2)84)71(99-45(3)85)75(101-70(68)74(89)95-8)100-62-26-23-47(33-61(62)80-67(86)27-30-77-76(90)96-42-58-55-18-12-10-16-53(55)54-17-11-13-19-56(54)58)40-82(32-29-48-35-63(91-4)64(92-5)36-51(48)41-82)31-28-46-21-24-52(25-22-46)79-73(88)57-37-65(93-6)66(94-7)38-60(57)81-72(87)50-34-49-15-9-14-20-59(49)78-39-50/h9-26,33-39,58,68-71,75H,27-32,40-42H2,1-8H3,(H3-,77,79,80,81,86,87,88,90)/p+1/t68-,69-,70-,71+,75?,82?/m0/s1. The molecular weight excluding hydrogens is 1300 g/mol. The first kappa shape index (κ1) is 70.7. The van der Waals surface area contributed by atoms with Crippen molar-refractivity contribution in [1.82, 2.24) is 10.3 Å². The Bertz CT molecular complexity index is 4420. The molecule has 4 N–H and O–H groups in total. The number of hydrogen-bond acceptors (Lipinski definition) is 20. The number of pyridine rings is 1.